The third-order valence-corrected chi connectivity index (χ3v) is 2.89. The van der Waals surface area contributed by atoms with Crippen molar-refractivity contribution in [1.29, 1.82) is 0 Å². The number of rotatable bonds is 2. The first-order valence-corrected chi connectivity index (χ1v) is 5.53. The second-order valence-electron chi connectivity index (χ2n) is 4.03. The van der Waals surface area contributed by atoms with E-state index >= 15 is 0 Å². The molecule has 1 heterocycles. The van der Waals surface area contributed by atoms with Crippen molar-refractivity contribution in [2.45, 2.75) is 0 Å². The van der Waals surface area contributed by atoms with Gasteiger partial charge in [-0.3, -0.25) is 4.79 Å². The van der Waals surface area contributed by atoms with E-state index in [0.29, 0.717) is 23.3 Å². The van der Waals surface area contributed by atoms with E-state index in [4.69, 9.17) is 9.47 Å². The summed E-state index contributed by atoms with van der Waals surface area (Å²) in [6.07, 6.45) is 0.597. The summed E-state index contributed by atoms with van der Waals surface area (Å²) >= 11 is 0. The molecule has 0 spiro atoms. The van der Waals surface area contributed by atoms with E-state index in [0.717, 1.165) is 12.1 Å². The molecule has 2 aromatic carbocycles. The maximum Gasteiger partial charge on any atom is 0.231 e. The van der Waals surface area contributed by atoms with Crippen LogP contribution >= 0.6 is 0 Å². The van der Waals surface area contributed by atoms with Gasteiger partial charge in [-0.2, -0.15) is 0 Å². The minimum absolute atomic E-state index is 0.0585. The van der Waals surface area contributed by atoms with E-state index in [2.05, 4.69) is 0 Å². The van der Waals surface area contributed by atoms with Gasteiger partial charge in [-0.25, -0.2) is 8.78 Å². The highest BCUT2D eigenvalue weighted by atomic mass is 19.1. The van der Waals surface area contributed by atoms with Crippen LogP contribution in [0, 0.1) is 11.6 Å². The van der Waals surface area contributed by atoms with Crippen LogP contribution in [0.4, 0.5) is 8.78 Å². The van der Waals surface area contributed by atoms with Crippen molar-refractivity contribution in [1.82, 2.24) is 0 Å². The summed E-state index contributed by atoms with van der Waals surface area (Å²) in [5.74, 6) is -0.533. The molecule has 3 nitrogen and oxygen atoms in total. The molecule has 5 heteroatoms. The van der Waals surface area contributed by atoms with Crippen molar-refractivity contribution in [2.75, 3.05) is 6.79 Å². The molecule has 3 rings (SSSR count). The van der Waals surface area contributed by atoms with Crippen LogP contribution in [-0.4, -0.2) is 13.1 Å². The van der Waals surface area contributed by atoms with Gasteiger partial charge in [0.2, 0.25) is 6.79 Å². The lowest BCUT2D eigenvalue weighted by molar-refractivity contribution is 0.112. The van der Waals surface area contributed by atoms with Gasteiger partial charge in [-0.1, -0.05) is 0 Å². The van der Waals surface area contributed by atoms with Gasteiger partial charge < -0.3 is 9.47 Å². The molecule has 0 saturated carbocycles. The number of benzene rings is 2. The van der Waals surface area contributed by atoms with Gasteiger partial charge in [0.1, 0.15) is 11.6 Å². The Labute approximate surface area is 107 Å². The smallest absolute Gasteiger partial charge is 0.231 e. The third-order valence-electron chi connectivity index (χ3n) is 2.89. The van der Waals surface area contributed by atoms with E-state index in [-0.39, 0.29) is 17.9 Å². The molecule has 0 bridgehead atoms. The summed E-state index contributed by atoms with van der Waals surface area (Å²) in [7, 11) is 0. The van der Waals surface area contributed by atoms with Crippen molar-refractivity contribution in [3.63, 3.8) is 0 Å². The lowest BCUT2D eigenvalue weighted by Gasteiger charge is -2.08. The van der Waals surface area contributed by atoms with Gasteiger partial charge in [-0.15, -0.1) is 0 Å². The van der Waals surface area contributed by atoms with Gasteiger partial charge in [0.25, 0.3) is 0 Å². The minimum Gasteiger partial charge on any atom is -0.454 e. The molecule has 0 saturated heterocycles. The number of carbonyl (C=O) groups excluding carboxylic acids is 1. The monoisotopic (exact) mass is 262 g/mol. The second kappa shape index (κ2) is 4.35. The van der Waals surface area contributed by atoms with Crippen LogP contribution in [0.15, 0.2) is 30.3 Å². The summed E-state index contributed by atoms with van der Waals surface area (Å²) in [5, 5.41) is 0. The average molecular weight is 262 g/mol. The highest BCUT2D eigenvalue weighted by Gasteiger charge is 2.19. The molecule has 0 aromatic heterocycles. The van der Waals surface area contributed by atoms with Crippen LogP contribution < -0.4 is 9.47 Å². The molecule has 19 heavy (non-hydrogen) atoms. The van der Waals surface area contributed by atoms with Crippen LogP contribution in [0.3, 0.4) is 0 Å². The van der Waals surface area contributed by atoms with Crippen LogP contribution in [0.1, 0.15) is 10.4 Å². The molecule has 0 unspecified atom stereocenters. The van der Waals surface area contributed by atoms with E-state index < -0.39 is 11.6 Å². The van der Waals surface area contributed by atoms with Crippen molar-refractivity contribution in [3.05, 3.63) is 47.5 Å². The van der Waals surface area contributed by atoms with Gasteiger partial charge in [0, 0.05) is 17.2 Å². The number of hydrogen-bond acceptors (Lipinski definition) is 3. The molecule has 0 amide bonds. The lowest BCUT2D eigenvalue weighted by atomic mass is 9.99. The number of hydrogen-bond donors (Lipinski definition) is 0. The second-order valence-corrected chi connectivity index (χ2v) is 4.03. The van der Waals surface area contributed by atoms with E-state index in [1.165, 1.54) is 18.2 Å². The quantitative estimate of drug-likeness (QED) is 0.780. The SMILES string of the molecule is O=Cc1cc2c(cc1-c1ccc(F)cc1F)OCO2. The molecule has 96 valence electrons. The van der Waals surface area contributed by atoms with Gasteiger partial charge >= 0.3 is 0 Å². The maximum absolute atomic E-state index is 13.8. The molecular weight excluding hydrogens is 254 g/mol. The number of ether oxygens (including phenoxy) is 2. The minimum atomic E-state index is -0.734. The van der Waals surface area contributed by atoms with Crippen LogP contribution in [0.25, 0.3) is 11.1 Å². The number of carbonyl (C=O) groups is 1. The molecular formula is C14H8F2O3. The highest BCUT2D eigenvalue weighted by Crippen LogP contribution is 2.38. The molecule has 0 radical (unpaired) electrons. The first-order valence-electron chi connectivity index (χ1n) is 5.53. The Balaban J connectivity index is 2.21. The Morgan fingerprint density at radius 1 is 1.00 bits per heavy atom. The van der Waals surface area contributed by atoms with Crippen LogP contribution in [0.2, 0.25) is 0 Å². The fraction of sp³-hybridized carbons (Fsp3) is 0.0714. The Hall–Kier alpha value is -2.43. The van der Waals surface area contributed by atoms with E-state index in [9.17, 15) is 13.6 Å². The fourth-order valence-electron chi connectivity index (χ4n) is 2.00. The van der Waals surface area contributed by atoms with Crippen molar-refractivity contribution in [3.8, 4) is 22.6 Å². The number of halogens is 2. The van der Waals surface area contributed by atoms with E-state index in [1.54, 1.807) is 0 Å². The van der Waals surface area contributed by atoms with Gasteiger partial charge in [-0.05, 0) is 29.8 Å². The highest BCUT2D eigenvalue weighted by molar-refractivity contribution is 5.89. The summed E-state index contributed by atoms with van der Waals surface area (Å²) in [5.41, 5.74) is 0.744. The molecule has 0 N–H and O–H groups in total. The Bertz CT molecular complexity index is 668. The zero-order chi connectivity index (χ0) is 13.4. The lowest BCUT2D eigenvalue weighted by Crippen LogP contribution is -1.92. The van der Waals surface area contributed by atoms with Crippen LogP contribution in [-0.2, 0) is 0 Å². The molecule has 1 aliphatic heterocycles. The predicted octanol–water partition coefficient (Wildman–Crippen LogP) is 3.17. The van der Waals surface area contributed by atoms with Crippen molar-refractivity contribution in [2.24, 2.45) is 0 Å². The fourth-order valence-corrected chi connectivity index (χ4v) is 2.00. The van der Waals surface area contributed by atoms with Gasteiger partial charge in [0.05, 0.1) is 0 Å². The van der Waals surface area contributed by atoms with Gasteiger partial charge in [0.15, 0.2) is 17.8 Å². The number of aldehydes is 1. The third kappa shape index (κ3) is 1.93. The average Bonchev–Trinajstić information content (AvgIpc) is 2.84. The summed E-state index contributed by atoms with van der Waals surface area (Å²) < 4.78 is 37.0. The van der Waals surface area contributed by atoms with Crippen molar-refractivity contribution >= 4 is 6.29 Å². The first-order chi connectivity index (χ1) is 9.19. The molecule has 0 aliphatic carbocycles. The van der Waals surface area contributed by atoms with Crippen molar-refractivity contribution < 1.29 is 23.0 Å². The maximum atomic E-state index is 13.8. The van der Waals surface area contributed by atoms with Crippen LogP contribution in [0.5, 0.6) is 11.5 Å². The summed E-state index contributed by atoms with van der Waals surface area (Å²) in [6, 6.07) is 6.19. The predicted molar refractivity (Wildman–Crippen MR) is 63.3 cm³/mol. The Morgan fingerprint density at radius 2 is 1.74 bits per heavy atom. The largest absolute Gasteiger partial charge is 0.454 e. The molecule has 0 atom stereocenters. The van der Waals surface area contributed by atoms with E-state index in [1.807, 2.05) is 0 Å². The normalized spacial score (nSPS) is 12.5. The summed E-state index contributed by atoms with van der Waals surface area (Å²) in [4.78, 5) is 11.1. The first kappa shape index (κ1) is 11.6. The standard InChI is InChI=1S/C14H8F2O3/c15-9-1-2-10(12(16)4-9)11-5-14-13(18-7-19-14)3-8(11)6-17/h1-6H,7H2. The summed E-state index contributed by atoms with van der Waals surface area (Å²) in [6.45, 7) is 0.0585. The zero-order valence-electron chi connectivity index (χ0n) is 9.65. The molecule has 2 aromatic rings. The Morgan fingerprint density at radius 3 is 2.42 bits per heavy atom. The topological polar surface area (TPSA) is 35.5 Å². The molecule has 0 fully saturated rings. The Kier molecular flexibility index (Phi) is 2.67. The zero-order valence-corrected chi connectivity index (χ0v) is 9.65. The molecule has 1 aliphatic rings. The number of fused-ring (bicyclic) bond motifs is 1.